The minimum Gasteiger partial charge on any atom is -0.368 e. The largest absolute Gasteiger partial charge is 0.368 e. The van der Waals surface area contributed by atoms with Crippen molar-refractivity contribution >= 4 is 5.88 Å². The quantitative estimate of drug-likeness (QED) is 0.813. The predicted octanol–water partition coefficient (Wildman–Crippen LogP) is 2.46. The fourth-order valence-corrected chi connectivity index (χ4v) is 1.53. The van der Waals surface area contributed by atoms with Crippen molar-refractivity contribution < 1.29 is 4.52 Å². The third-order valence-corrected chi connectivity index (χ3v) is 2.53. The van der Waals surface area contributed by atoms with Crippen LogP contribution in [0.3, 0.4) is 0 Å². The van der Waals surface area contributed by atoms with E-state index in [2.05, 4.69) is 37.2 Å². The van der Waals surface area contributed by atoms with Gasteiger partial charge in [-0.1, -0.05) is 23.4 Å². The Kier molecular flexibility index (Phi) is 2.46. The summed E-state index contributed by atoms with van der Waals surface area (Å²) in [5.74, 6) is 0.369. The molecule has 3 heteroatoms. The minimum atomic E-state index is 0.369. The maximum absolute atomic E-state index is 5.46. The molecule has 2 N–H and O–H groups in total. The minimum absolute atomic E-state index is 0.369. The maximum atomic E-state index is 5.46. The zero-order chi connectivity index (χ0) is 10.8. The average molecular weight is 202 g/mol. The summed E-state index contributed by atoms with van der Waals surface area (Å²) in [7, 11) is 0. The molecule has 1 aromatic heterocycles. The summed E-state index contributed by atoms with van der Waals surface area (Å²) in [4.78, 5) is 0. The topological polar surface area (TPSA) is 52.0 Å². The van der Waals surface area contributed by atoms with Crippen molar-refractivity contribution in [3.63, 3.8) is 0 Å². The lowest BCUT2D eigenvalue weighted by Gasteiger charge is -2.02. The van der Waals surface area contributed by atoms with Gasteiger partial charge >= 0.3 is 0 Å². The summed E-state index contributed by atoms with van der Waals surface area (Å²) in [5, 5.41) is 3.86. The second-order valence-corrected chi connectivity index (χ2v) is 3.82. The van der Waals surface area contributed by atoms with Crippen LogP contribution in [0.2, 0.25) is 0 Å². The first-order chi connectivity index (χ1) is 7.15. The van der Waals surface area contributed by atoms with Crippen molar-refractivity contribution in [2.75, 3.05) is 5.73 Å². The second kappa shape index (κ2) is 3.77. The molecule has 0 spiro atoms. The molecule has 0 fully saturated rings. The molecule has 0 radical (unpaired) electrons. The van der Waals surface area contributed by atoms with Crippen LogP contribution in [0.5, 0.6) is 0 Å². The first-order valence-corrected chi connectivity index (χ1v) is 4.92. The molecule has 2 rings (SSSR count). The first-order valence-electron chi connectivity index (χ1n) is 4.92. The lowest BCUT2D eigenvalue weighted by Crippen LogP contribution is -1.90. The fourth-order valence-electron chi connectivity index (χ4n) is 1.53. The van der Waals surface area contributed by atoms with Crippen LogP contribution < -0.4 is 5.73 Å². The number of benzene rings is 1. The summed E-state index contributed by atoms with van der Waals surface area (Å²) in [6.45, 7) is 4.21. The Balaban J connectivity index is 2.21. The molecule has 3 nitrogen and oxygen atoms in total. The second-order valence-electron chi connectivity index (χ2n) is 3.82. The van der Waals surface area contributed by atoms with E-state index >= 15 is 0 Å². The molecule has 0 saturated carbocycles. The zero-order valence-electron chi connectivity index (χ0n) is 8.95. The van der Waals surface area contributed by atoms with Gasteiger partial charge in [0.2, 0.25) is 5.88 Å². The lowest BCUT2D eigenvalue weighted by molar-refractivity contribution is 0.429. The van der Waals surface area contributed by atoms with Crippen LogP contribution >= 0.6 is 0 Å². The first kappa shape index (κ1) is 9.77. The molecule has 1 heterocycles. The molecule has 1 aromatic carbocycles. The van der Waals surface area contributed by atoms with Gasteiger partial charge in [0, 0.05) is 12.5 Å². The summed E-state index contributed by atoms with van der Waals surface area (Å²) >= 11 is 0. The average Bonchev–Trinajstić information content (AvgIpc) is 2.58. The third-order valence-electron chi connectivity index (χ3n) is 2.53. The maximum Gasteiger partial charge on any atom is 0.222 e. The highest BCUT2D eigenvalue weighted by Crippen LogP contribution is 2.14. The van der Waals surface area contributed by atoms with Crippen LogP contribution in [-0.2, 0) is 6.42 Å². The molecule has 78 valence electrons. The SMILES string of the molecule is Cc1ccc(Cc2cc(N)on2)cc1C. The van der Waals surface area contributed by atoms with Crippen LogP contribution in [0.4, 0.5) is 5.88 Å². The number of hydrogen-bond donors (Lipinski definition) is 1. The highest BCUT2D eigenvalue weighted by atomic mass is 16.5. The molecule has 0 aliphatic heterocycles. The molecule has 0 atom stereocenters. The number of aryl methyl sites for hydroxylation is 2. The Hall–Kier alpha value is -1.77. The van der Waals surface area contributed by atoms with Gasteiger partial charge in [0.05, 0.1) is 5.69 Å². The molecular weight excluding hydrogens is 188 g/mol. The van der Waals surface area contributed by atoms with E-state index in [1.807, 2.05) is 0 Å². The smallest absolute Gasteiger partial charge is 0.222 e. The van der Waals surface area contributed by atoms with Crippen LogP contribution in [0, 0.1) is 13.8 Å². The number of rotatable bonds is 2. The van der Waals surface area contributed by atoms with E-state index in [1.165, 1.54) is 16.7 Å². The molecule has 0 amide bonds. The van der Waals surface area contributed by atoms with Gasteiger partial charge in [-0.3, -0.25) is 0 Å². The summed E-state index contributed by atoms with van der Waals surface area (Å²) < 4.78 is 4.82. The molecule has 15 heavy (non-hydrogen) atoms. The van der Waals surface area contributed by atoms with E-state index in [9.17, 15) is 0 Å². The number of nitrogen functional groups attached to an aromatic ring is 1. The highest BCUT2D eigenvalue weighted by molar-refractivity contribution is 5.33. The third kappa shape index (κ3) is 2.18. The molecule has 0 bridgehead atoms. The fraction of sp³-hybridized carbons (Fsp3) is 0.250. The van der Waals surface area contributed by atoms with Crippen LogP contribution in [0.25, 0.3) is 0 Å². The number of nitrogens with zero attached hydrogens (tertiary/aromatic N) is 1. The zero-order valence-corrected chi connectivity index (χ0v) is 8.95. The Morgan fingerprint density at radius 3 is 2.60 bits per heavy atom. The Bertz CT molecular complexity index is 474. The van der Waals surface area contributed by atoms with Gasteiger partial charge in [-0.2, -0.15) is 0 Å². The summed E-state index contributed by atoms with van der Waals surface area (Å²) in [6, 6.07) is 8.15. The number of hydrogen-bond acceptors (Lipinski definition) is 3. The van der Waals surface area contributed by atoms with Gasteiger partial charge in [0.25, 0.3) is 0 Å². The van der Waals surface area contributed by atoms with Crippen molar-refractivity contribution in [1.82, 2.24) is 5.16 Å². The van der Waals surface area contributed by atoms with E-state index in [4.69, 9.17) is 10.3 Å². The van der Waals surface area contributed by atoms with Crippen molar-refractivity contribution in [3.8, 4) is 0 Å². The predicted molar refractivity (Wildman–Crippen MR) is 59.6 cm³/mol. The van der Waals surface area contributed by atoms with Crippen molar-refractivity contribution in [2.24, 2.45) is 0 Å². The van der Waals surface area contributed by atoms with Gasteiger partial charge in [-0.05, 0) is 30.5 Å². The molecule has 2 aromatic rings. The van der Waals surface area contributed by atoms with E-state index in [0.717, 1.165) is 12.1 Å². The van der Waals surface area contributed by atoms with Crippen molar-refractivity contribution in [1.29, 1.82) is 0 Å². The lowest BCUT2D eigenvalue weighted by atomic mass is 10.0. The molecule has 0 unspecified atom stereocenters. The Labute approximate surface area is 88.9 Å². The van der Waals surface area contributed by atoms with Gasteiger partial charge in [0.15, 0.2) is 0 Å². The van der Waals surface area contributed by atoms with Crippen molar-refractivity contribution in [2.45, 2.75) is 20.3 Å². The molecule has 0 aliphatic rings. The van der Waals surface area contributed by atoms with E-state index < -0.39 is 0 Å². The van der Waals surface area contributed by atoms with Gasteiger partial charge in [0.1, 0.15) is 0 Å². The highest BCUT2D eigenvalue weighted by Gasteiger charge is 2.03. The molecular formula is C12H14N2O. The Morgan fingerprint density at radius 2 is 2.00 bits per heavy atom. The molecule has 0 aliphatic carbocycles. The van der Waals surface area contributed by atoms with Crippen LogP contribution in [0.1, 0.15) is 22.4 Å². The Morgan fingerprint density at radius 1 is 1.20 bits per heavy atom. The van der Waals surface area contributed by atoms with Gasteiger partial charge in [-0.15, -0.1) is 0 Å². The standard InChI is InChI=1S/C12H14N2O/c1-8-3-4-10(5-9(8)2)6-11-7-12(13)15-14-11/h3-5,7H,6,13H2,1-2H3. The van der Waals surface area contributed by atoms with Gasteiger partial charge in [-0.25, -0.2) is 0 Å². The van der Waals surface area contributed by atoms with E-state index in [-0.39, 0.29) is 0 Å². The van der Waals surface area contributed by atoms with E-state index in [0.29, 0.717) is 5.88 Å². The van der Waals surface area contributed by atoms with Crippen LogP contribution in [-0.4, -0.2) is 5.16 Å². The van der Waals surface area contributed by atoms with Crippen molar-refractivity contribution in [3.05, 3.63) is 46.6 Å². The van der Waals surface area contributed by atoms with Gasteiger partial charge < -0.3 is 10.3 Å². The van der Waals surface area contributed by atoms with Crippen LogP contribution in [0.15, 0.2) is 28.8 Å². The normalized spacial score (nSPS) is 10.5. The monoisotopic (exact) mass is 202 g/mol. The van der Waals surface area contributed by atoms with E-state index in [1.54, 1.807) is 6.07 Å². The molecule has 0 saturated heterocycles. The number of aromatic nitrogens is 1. The number of anilines is 1. The number of nitrogens with two attached hydrogens (primary N) is 1. The summed E-state index contributed by atoms with van der Waals surface area (Å²) in [6.07, 6.45) is 0.766. The summed E-state index contributed by atoms with van der Waals surface area (Å²) in [5.41, 5.74) is 10.2.